The van der Waals surface area contributed by atoms with E-state index < -0.39 is 0 Å². The molecule has 0 aliphatic rings. The number of hydrogen-bond donors (Lipinski definition) is 4. The van der Waals surface area contributed by atoms with E-state index in [-0.39, 0.29) is 12.5 Å². The lowest BCUT2D eigenvalue weighted by Gasteiger charge is -2.14. The fourth-order valence-electron chi connectivity index (χ4n) is 1.97. The molecular formula is C17H19ClN6OS. The van der Waals surface area contributed by atoms with Crippen LogP contribution in [0.25, 0.3) is 0 Å². The van der Waals surface area contributed by atoms with Crippen LogP contribution in [0, 0.1) is 10.9 Å². The Morgan fingerprint density at radius 1 is 1.27 bits per heavy atom. The van der Waals surface area contributed by atoms with Crippen LogP contribution in [0.2, 0.25) is 4.34 Å². The number of nitrogens with one attached hydrogen (secondary N) is 4. The molecule has 9 heteroatoms. The number of carbonyl (C=O) groups excluding carboxylic acids is 1. The first-order chi connectivity index (χ1) is 12.4. The Labute approximate surface area is 160 Å². The number of anilines is 1. The Bertz CT molecular complexity index is 828. The van der Waals surface area contributed by atoms with E-state index in [0.29, 0.717) is 20.7 Å². The van der Waals surface area contributed by atoms with Crippen LogP contribution in [-0.2, 0) is 0 Å². The zero-order valence-corrected chi connectivity index (χ0v) is 15.9. The van der Waals surface area contributed by atoms with E-state index in [4.69, 9.17) is 22.5 Å². The molecule has 0 saturated carbocycles. The molecule has 1 amide bonds. The van der Waals surface area contributed by atoms with E-state index in [1.54, 1.807) is 23.2 Å². The van der Waals surface area contributed by atoms with Crippen molar-refractivity contribution in [3.05, 3.63) is 63.1 Å². The summed E-state index contributed by atoms with van der Waals surface area (Å²) >= 11 is 7.00. The molecule has 0 atom stereocenters. The van der Waals surface area contributed by atoms with Crippen LogP contribution in [-0.4, -0.2) is 37.3 Å². The number of amides is 1. The van der Waals surface area contributed by atoms with E-state index in [1.165, 1.54) is 11.3 Å². The number of halogens is 1. The van der Waals surface area contributed by atoms with Gasteiger partial charge in [-0.05, 0) is 36.4 Å². The average Bonchev–Trinajstić information content (AvgIpc) is 3.08. The maximum absolute atomic E-state index is 12.0. The quantitative estimate of drug-likeness (QED) is 0.326. The maximum Gasteiger partial charge on any atom is 0.261 e. The summed E-state index contributed by atoms with van der Waals surface area (Å²) in [6.45, 7) is 0.119. The second-order valence-corrected chi connectivity index (χ2v) is 7.21. The molecule has 0 unspecified atom stereocenters. The van der Waals surface area contributed by atoms with E-state index in [1.807, 2.05) is 38.4 Å². The number of benzene rings is 1. The summed E-state index contributed by atoms with van der Waals surface area (Å²) in [7, 11) is 3.63. The third kappa shape index (κ3) is 5.40. The van der Waals surface area contributed by atoms with E-state index in [2.05, 4.69) is 15.7 Å². The highest BCUT2D eigenvalue weighted by molar-refractivity contribution is 7.17. The van der Waals surface area contributed by atoms with Gasteiger partial charge in [0.25, 0.3) is 5.91 Å². The van der Waals surface area contributed by atoms with Gasteiger partial charge in [-0.1, -0.05) is 11.6 Å². The molecule has 1 heterocycles. The molecule has 0 fully saturated rings. The Morgan fingerprint density at radius 3 is 2.50 bits per heavy atom. The number of thiophene rings is 1. The number of hydrogen-bond acceptors (Lipinski definition) is 6. The predicted octanol–water partition coefficient (Wildman–Crippen LogP) is 4.00. The number of nitrogens with zero attached hydrogens (tertiary/aromatic N) is 2. The Balaban J connectivity index is 1.93. The van der Waals surface area contributed by atoms with Crippen molar-refractivity contribution in [1.29, 1.82) is 10.9 Å². The van der Waals surface area contributed by atoms with Crippen LogP contribution in [0.4, 0.5) is 5.69 Å². The minimum absolute atomic E-state index is 0.119. The first-order valence-corrected chi connectivity index (χ1v) is 8.83. The number of rotatable bonds is 7. The van der Waals surface area contributed by atoms with Gasteiger partial charge in [0.05, 0.1) is 21.5 Å². The summed E-state index contributed by atoms with van der Waals surface area (Å²) in [5, 5.41) is 17.1. The molecule has 0 radical (unpaired) electrons. The van der Waals surface area contributed by atoms with E-state index in [9.17, 15) is 4.79 Å². The Hall–Kier alpha value is -2.71. The monoisotopic (exact) mass is 390 g/mol. The third-order valence-corrected chi connectivity index (χ3v) is 4.61. The van der Waals surface area contributed by atoms with Gasteiger partial charge >= 0.3 is 0 Å². The average molecular weight is 391 g/mol. The molecule has 0 saturated heterocycles. The normalized spacial score (nSPS) is 11.0. The third-order valence-electron chi connectivity index (χ3n) is 3.38. The molecule has 26 heavy (non-hydrogen) atoms. The number of carbonyl (C=O) groups is 1. The van der Waals surface area contributed by atoms with Crippen molar-refractivity contribution in [1.82, 2.24) is 10.2 Å². The topological polar surface area (TPSA) is 104 Å². The molecule has 1 aromatic heterocycles. The largest absolute Gasteiger partial charge is 0.363 e. The van der Waals surface area contributed by atoms with Gasteiger partial charge in [0.2, 0.25) is 0 Å². The maximum atomic E-state index is 12.0. The summed E-state index contributed by atoms with van der Waals surface area (Å²) < 4.78 is 0.545. The predicted molar refractivity (Wildman–Crippen MR) is 105 cm³/mol. The molecule has 0 aliphatic carbocycles. The molecule has 0 bridgehead atoms. The highest BCUT2D eigenvalue weighted by Crippen LogP contribution is 2.21. The zero-order valence-electron chi connectivity index (χ0n) is 14.3. The Kier molecular flexibility index (Phi) is 6.88. The molecule has 1 aromatic carbocycles. The van der Waals surface area contributed by atoms with Crippen molar-refractivity contribution < 1.29 is 4.79 Å². The molecule has 2 rings (SSSR count). The van der Waals surface area contributed by atoms with Crippen LogP contribution >= 0.6 is 22.9 Å². The summed E-state index contributed by atoms with van der Waals surface area (Å²) in [6, 6.07) is 10.6. The highest BCUT2D eigenvalue weighted by Gasteiger charge is 2.09. The molecule has 0 aliphatic heterocycles. The van der Waals surface area contributed by atoms with Crippen LogP contribution in [0.1, 0.15) is 15.2 Å². The van der Waals surface area contributed by atoms with Gasteiger partial charge in [-0.25, -0.2) is 5.53 Å². The van der Waals surface area contributed by atoms with E-state index in [0.717, 1.165) is 11.3 Å². The first-order valence-electron chi connectivity index (χ1n) is 7.63. The van der Waals surface area contributed by atoms with Gasteiger partial charge in [0, 0.05) is 31.5 Å². The summed E-state index contributed by atoms with van der Waals surface area (Å²) in [5.41, 5.74) is 9.19. The van der Waals surface area contributed by atoms with Crippen molar-refractivity contribution >= 4 is 40.4 Å². The van der Waals surface area contributed by atoms with Crippen molar-refractivity contribution in [3.63, 3.8) is 0 Å². The molecular weight excluding hydrogens is 372 g/mol. The van der Waals surface area contributed by atoms with Gasteiger partial charge in [-0.15, -0.1) is 11.3 Å². The molecule has 2 aromatic rings. The fourth-order valence-corrected chi connectivity index (χ4v) is 2.93. The van der Waals surface area contributed by atoms with Gasteiger partial charge < -0.3 is 15.5 Å². The molecule has 0 spiro atoms. The van der Waals surface area contributed by atoms with Crippen molar-refractivity contribution in [2.45, 2.75) is 0 Å². The lowest BCUT2D eigenvalue weighted by molar-refractivity contribution is 0.0961. The molecule has 136 valence electrons. The molecule has 7 nitrogen and oxygen atoms in total. The Morgan fingerprint density at radius 2 is 1.96 bits per heavy atom. The second-order valence-electron chi connectivity index (χ2n) is 5.50. The van der Waals surface area contributed by atoms with E-state index >= 15 is 0 Å². The smallest absolute Gasteiger partial charge is 0.261 e. The SMILES string of the molecule is CN(C)C(=N)c1ccc(N/C=C(/CNC(=O)c2ccc(Cl)s2)N=N)cc1. The minimum Gasteiger partial charge on any atom is -0.363 e. The second kappa shape index (κ2) is 9.12. The lowest BCUT2D eigenvalue weighted by atomic mass is 10.2. The minimum atomic E-state index is -0.261. The van der Waals surface area contributed by atoms with Gasteiger partial charge in [0.1, 0.15) is 5.84 Å². The summed E-state index contributed by atoms with van der Waals surface area (Å²) in [4.78, 5) is 14.2. The van der Waals surface area contributed by atoms with Crippen molar-refractivity contribution in [3.8, 4) is 0 Å². The van der Waals surface area contributed by atoms with Crippen molar-refractivity contribution in [2.75, 3.05) is 26.0 Å². The van der Waals surface area contributed by atoms with Gasteiger partial charge in [-0.2, -0.15) is 5.11 Å². The number of amidine groups is 1. The van der Waals surface area contributed by atoms with Crippen LogP contribution < -0.4 is 10.6 Å². The van der Waals surface area contributed by atoms with Gasteiger partial charge in [-0.3, -0.25) is 10.2 Å². The highest BCUT2D eigenvalue weighted by atomic mass is 35.5. The van der Waals surface area contributed by atoms with Gasteiger partial charge in [0.15, 0.2) is 0 Å². The van der Waals surface area contributed by atoms with Crippen LogP contribution in [0.5, 0.6) is 0 Å². The fraction of sp³-hybridized carbons (Fsp3) is 0.176. The zero-order chi connectivity index (χ0) is 19.1. The lowest BCUT2D eigenvalue weighted by Crippen LogP contribution is -2.24. The summed E-state index contributed by atoms with van der Waals surface area (Å²) in [5.74, 6) is 0.160. The van der Waals surface area contributed by atoms with Crippen LogP contribution in [0.3, 0.4) is 0 Å². The standard InChI is InChI=1S/C17H19ClN6OS/c1-24(2)16(19)11-3-5-12(6-4-11)21-9-13(23-20)10-22-17(25)14-7-8-15(18)26-14/h3-9,19-21H,10H2,1-2H3,(H,22,25)/b13-9-,19-16?,23-20?. The summed E-state index contributed by atoms with van der Waals surface area (Å²) in [6.07, 6.45) is 1.56. The molecule has 4 N–H and O–H groups in total. The first kappa shape index (κ1) is 19.6. The van der Waals surface area contributed by atoms with Crippen LogP contribution in [0.15, 0.2) is 53.4 Å². The van der Waals surface area contributed by atoms with Crippen molar-refractivity contribution in [2.24, 2.45) is 5.11 Å².